The van der Waals surface area contributed by atoms with Crippen molar-refractivity contribution in [2.24, 2.45) is 5.73 Å². The lowest BCUT2D eigenvalue weighted by Crippen LogP contribution is -2.40. The van der Waals surface area contributed by atoms with Crippen molar-refractivity contribution < 1.29 is 9.47 Å². The Labute approximate surface area is 129 Å². The van der Waals surface area contributed by atoms with Crippen molar-refractivity contribution in [3.8, 4) is 0 Å². The van der Waals surface area contributed by atoms with E-state index in [-0.39, 0.29) is 5.60 Å². The maximum atomic E-state index is 5.86. The largest absolute Gasteiger partial charge is 0.389 e. The number of ether oxygens (including phenoxy) is 2. The molecule has 20 heavy (non-hydrogen) atoms. The van der Waals surface area contributed by atoms with Crippen molar-refractivity contribution in [3.63, 3.8) is 0 Å². The fourth-order valence-electron chi connectivity index (χ4n) is 2.32. The summed E-state index contributed by atoms with van der Waals surface area (Å²) in [6, 6.07) is 6.02. The topological polar surface area (TPSA) is 56.5 Å². The molecule has 1 aliphatic rings. The molecule has 1 aromatic rings. The van der Waals surface area contributed by atoms with Crippen LogP contribution in [0.5, 0.6) is 0 Å². The summed E-state index contributed by atoms with van der Waals surface area (Å²) in [6.45, 7) is 2.03. The van der Waals surface area contributed by atoms with E-state index in [1.807, 2.05) is 24.5 Å². The first-order chi connectivity index (χ1) is 9.62. The number of rotatable bonds is 6. The third-order valence-electron chi connectivity index (χ3n) is 3.59. The highest BCUT2D eigenvalue weighted by Crippen LogP contribution is 2.29. The van der Waals surface area contributed by atoms with Gasteiger partial charge in [-0.3, -0.25) is 0 Å². The molecular formula is C14H20N2O2S2. The lowest BCUT2D eigenvalue weighted by atomic mass is 10.0. The minimum Gasteiger partial charge on any atom is -0.389 e. The maximum Gasteiger partial charge on any atom is 0.110 e. The number of thioether (sulfide) groups is 1. The molecule has 2 rings (SSSR count). The van der Waals surface area contributed by atoms with Crippen molar-refractivity contribution in [3.05, 3.63) is 23.8 Å². The molecule has 1 fully saturated rings. The van der Waals surface area contributed by atoms with Gasteiger partial charge in [-0.2, -0.15) is 0 Å². The number of hydrogen-bond donors (Lipinski definition) is 2. The average molecular weight is 312 g/mol. The van der Waals surface area contributed by atoms with Crippen LogP contribution in [-0.4, -0.2) is 43.7 Å². The van der Waals surface area contributed by atoms with Crippen molar-refractivity contribution in [2.45, 2.75) is 16.9 Å². The second-order valence-corrected chi connectivity index (χ2v) is 6.08. The molecule has 0 aromatic heterocycles. The van der Waals surface area contributed by atoms with Gasteiger partial charge in [-0.15, -0.1) is 11.8 Å². The summed E-state index contributed by atoms with van der Waals surface area (Å²) in [5.74, 6) is 0. The number of hydrogen-bond acceptors (Lipinski definition) is 5. The Morgan fingerprint density at radius 2 is 2.40 bits per heavy atom. The average Bonchev–Trinajstić information content (AvgIpc) is 2.93. The van der Waals surface area contributed by atoms with Gasteiger partial charge in [0.25, 0.3) is 0 Å². The van der Waals surface area contributed by atoms with E-state index in [4.69, 9.17) is 27.4 Å². The summed E-state index contributed by atoms with van der Waals surface area (Å²) in [7, 11) is 1.73. The molecule has 1 atom stereocenters. The van der Waals surface area contributed by atoms with Crippen LogP contribution in [0.1, 0.15) is 12.0 Å². The van der Waals surface area contributed by atoms with E-state index in [0.29, 0.717) is 18.1 Å². The normalized spacial score (nSPS) is 21.9. The molecule has 4 nitrogen and oxygen atoms in total. The van der Waals surface area contributed by atoms with E-state index in [9.17, 15) is 0 Å². The number of anilines is 1. The van der Waals surface area contributed by atoms with Crippen LogP contribution in [0.2, 0.25) is 0 Å². The van der Waals surface area contributed by atoms with Crippen LogP contribution in [0.3, 0.4) is 0 Å². The highest BCUT2D eigenvalue weighted by molar-refractivity contribution is 7.98. The molecule has 1 unspecified atom stereocenters. The Kier molecular flexibility index (Phi) is 5.26. The van der Waals surface area contributed by atoms with Gasteiger partial charge >= 0.3 is 0 Å². The Hall–Kier alpha value is -0.820. The molecule has 1 aromatic carbocycles. The molecule has 110 valence electrons. The van der Waals surface area contributed by atoms with Gasteiger partial charge in [0.05, 0.1) is 6.61 Å². The van der Waals surface area contributed by atoms with Crippen LogP contribution < -0.4 is 11.1 Å². The highest BCUT2D eigenvalue weighted by Gasteiger charge is 2.34. The summed E-state index contributed by atoms with van der Waals surface area (Å²) < 4.78 is 11.1. The first-order valence-electron chi connectivity index (χ1n) is 6.45. The van der Waals surface area contributed by atoms with Crippen LogP contribution in [0.25, 0.3) is 0 Å². The molecule has 0 saturated carbocycles. The first-order valence-corrected chi connectivity index (χ1v) is 8.09. The van der Waals surface area contributed by atoms with Crippen LogP contribution in [-0.2, 0) is 9.47 Å². The quantitative estimate of drug-likeness (QED) is 0.621. The highest BCUT2D eigenvalue weighted by atomic mass is 32.2. The smallest absolute Gasteiger partial charge is 0.110 e. The van der Waals surface area contributed by atoms with Gasteiger partial charge in [0.15, 0.2) is 0 Å². The molecule has 3 N–H and O–H groups in total. The van der Waals surface area contributed by atoms with Crippen molar-refractivity contribution in [1.29, 1.82) is 0 Å². The van der Waals surface area contributed by atoms with Crippen molar-refractivity contribution in [1.82, 2.24) is 0 Å². The third-order valence-corrected chi connectivity index (χ3v) is 4.58. The van der Waals surface area contributed by atoms with Crippen molar-refractivity contribution in [2.75, 3.05) is 38.4 Å². The monoisotopic (exact) mass is 312 g/mol. The number of benzene rings is 1. The van der Waals surface area contributed by atoms with Crippen LogP contribution >= 0.6 is 24.0 Å². The molecule has 0 spiro atoms. The number of nitrogens with two attached hydrogens (primary N) is 1. The second-order valence-electron chi connectivity index (χ2n) is 4.79. The summed E-state index contributed by atoms with van der Waals surface area (Å²) in [4.78, 5) is 1.49. The predicted molar refractivity (Wildman–Crippen MR) is 87.8 cm³/mol. The number of nitrogens with one attached hydrogen (secondary N) is 1. The maximum absolute atomic E-state index is 5.86. The zero-order valence-corrected chi connectivity index (χ0v) is 13.4. The van der Waals surface area contributed by atoms with E-state index in [1.165, 1.54) is 0 Å². The minimum atomic E-state index is -0.261. The Morgan fingerprint density at radius 3 is 2.95 bits per heavy atom. The summed E-state index contributed by atoms with van der Waals surface area (Å²) in [5, 5.41) is 3.42. The lowest BCUT2D eigenvalue weighted by Gasteiger charge is -2.27. The SMILES string of the molecule is COC1(CNc2cccc(SC)c2C(N)=S)CCOC1. The van der Waals surface area contributed by atoms with Crippen LogP contribution in [0, 0.1) is 0 Å². The van der Waals surface area contributed by atoms with E-state index in [0.717, 1.165) is 29.2 Å². The zero-order chi connectivity index (χ0) is 14.6. The molecular weight excluding hydrogens is 292 g/mol. The standard InChI is InChI=1S/C14H20N2O2S2/c1-17-14(6-7-18-9-14)8-16-10-4-3-5-11(20-2)12(10)13(15)19/h3-5,16H,6-9H2,1-2H3,(H2,15,19). The van der Waals surface area contributed by atoms with Gasteiger partial charge in [-0.1, -0.05) is 18.3 Å². The summed E-state index contributed by atoms with van der Waals surface area (Å²) in [6.07, 6.45) is 2.91. The molecule has 1 aliphatic heterocycles. The fourth-order valence-corrected chi connectivity index (χ4v) is 3.24. The van der Waals surface area contributed by atoms with Gasteiger partial charge in [-0.05, 0) is 18.4 Å². The number of methoxy groups -OCH3 is 1. The fraction of sp³-hybridized carbons (Fsp3) is 0.500. The van der Waals surface area contributed by atoms with E-state index >= 15 is 0 Å². The predicted octanol–water partition coefficient (Wildman–Crippen LogP) is 2.26. The van der Waals surface area contributed by atoms with Gasteiger partial charge in [-0.25, -0.2) is 0 Å². The van der Waals surface area contributed by atoms with E-state index in [2.05, 4.69) is 5.32 Å². The van der Waals surface area contributed by atoms with Gasteiger partial charge < -0.3 is 20.5 Å². The summed E-state index contributed by atoms with van der Waals surface area (Å²) >= 11 is 6.81. The lowest BCUT2D eigenvalue weighted by molar-refractivity contribution is -0.00620. The summed E-state index contributed by atoms with van der Waals surface area (Å²) in [5.41, 5.74) is 7.46. The van der Waals surface area contributed by atoms with E-state index in [1.54, 1.807) is 18.9 Å². The first kappa shape index (κ1) is 15.6. The van der Waals surface area contributed by atoms with Gasteiger partial charge in [0.1, 0.15) is 10.6 Å². The molecule has 1 saturated heterocycles. The van der Waals surface area contributed by atoms with Gasteiger partial charge in [0.2, 0.25) is 0 Å². The number of thiocarbonyl (C=S) groups is 1. The molecule has 1 heterocycles. The molecule has 0 bridgehead atoms. The van der Waals surface area contributed by atoms with E-state index < -0.39 is 0 Å². The van der Waals surface area contributed by atoms with Gasteiger partial charge in [0, 0.05) is 42.8 Å². The molecule has 6 heteroatoms. The van der Waals surface area contributed by atoms with Crippen LogP contribution in [0.15, 0.2) is 23.1 Å². The third kappa shape index (κ3) is 3.25. The minimum absolute atomic E-state index is 0.261. The molecule has 0 amide bonds. The zero-order valence-electron chi connectivity index (χ0n) is 11.8. The van der Waals surface area contributed by atoms with Crippen molar-refractivity contribution >= 4 is 34.7 Å². The van der Waals surface area contributed by atoms with Crippen LogP contribution in [0.4, 0.5) is 5.69 Å². The molecule has 0 radical (unpaired) electrons. The Bertz CT molecular complexity index is 488. The molecule has 0 aliphatic carbocycles. The Morgan fingerprint density at radius 1 is 1.60 bits per heavy atom. The Balaban J connectivity index is 2.19. The second kappa shape index (κ2) is 6.76.